The first kappa shape index (κ1) is 35.4. The average Bonchev–Trinajstić information content (AvgIpc) is 4.00. The molecule has 0 atom stereocenters. The van der Waals surface area contributed by atoms with Crippen LogP contribution in [0.4, 0.5) is 0 Å². The van der Waals surface area contributed by atoms with E-state index in [2.05, 4.69) is 184 Å². The molecule has 0 spiro atoms. The highest BCUT2D eigenvalue weighted by molar-refractivity contribution is 6.29. The van der Waals surface area contributed by atoms with Crippen molar-refractivity contribution in [2.75, 3.05) is 0 Å². The number of para-hydroxylation sites is 4. The van der Waals surface area contributed by atoms with Gasteiger partial charge in [-0.15, -0.1) is 0 Å². The molecule has 0 amide bonds. The predicted octanol–water partition coefficient (Wildman–Crippen LogP) is 14.2. The van der Waals surface area contributed by atoms with Crippen molar-refractivity contribution in [3.05, 3.63) is 212 Å². The van der Waals surface area contributed by atoms with Gasteiger partial charge in [-0.25, -0.2) is 15.0 Å². The third-order valence-electron chi connectivity index (χ3n) is 12.8. The number of nitrogens with zero attached hydrogens (tertiary/aromatic N) is 6. The molecule has 6 nitrogen and oxygen atoms in total. The van der Waals surface area contributed by atoms with Crippen LogP contribution in [0.25, 0.3) is 111 Å². The molecular weight excluding hydrogens is 769 g/mol. The van der Waals surface area contributed by atoms with E-state index in [9.17, 15) is 0 Å². The fourth-order valence-electron chi connectivity index (χ4n) is 10.1. The summed E-state index contributed by atoms with van der Waals surface area (Å²) in [6.07, 6.45) is 6.12. The molecule has 4 heterocycles. The van der Waals surface area contributed by atoms with Gasteiger partial charge in [-0.2, -0.15) is 0 Å². The number of allylic oxidation sites excluding steroid dienone is 4. The van der Waals surface area contributed by atoms with E-state index in [-0.39, 0.29) is 0 Å². The van der Waals surface area contributed by atoms with Gasteiger partial charge in [-0.1, -0.05) is 146 Å². The van der Waals surface area contributed by atoms with Gasteiger partial charge in [-0.05, 0) is 79.1 Å². The molecule has 0 N–H and O–H groups in total. The topological polar surface area (TPSA) is 53.5 Å². The van der Waals surface area contributed by atoms with Crippen molar-refractivity contribution in [3.63, 3.8) is 0 Å². The van der Waals surface area contributed by atoms with E-state index in [0.29, 0.717) is 11.6 Å². The Balaban J connectivity index is 1.01. The highest BCUT2D eigenvalue weighted by Gasteiger charge is 2.24. The first-order valence-corrected chi connectivity index (χ1v) is 21.6. The summed E-state index contributed by atoms with van der Waals surface area (Å²) < 4.78 is 7.38. The maximum atomic E-state index is 5.05. The Morgan fingerprint density at radius 2 is 0.778 bits per heavy atom. The van der Waals surface area contributed by atoms with Crippen molar-refractivity contribution in [1.82, 2.24) is 28.7 Å². The van der Waals surface area contributed by atoms with Crippen LogP contribution in [0.15, 0.2) is 206 Å². The summed E-state index contributed by atoms with van der Waals surface area (Å²) in [5.74, 6) is 2.08. The second-order valence-corrected chi connectivity index (χ2v) is 16.3. The van der Waals surface area contributed by atoms with Crippen molar-refractivity contribution in [2.45, 2.75) is 12.8 Å². The first-order valence-electron chi connectivity index (χ1n) is 21.6. The van der Waals surface area contributed by atoms with Crippen LogP contribution in [0, 0.1) is 0 Å². The summed E-state index contributed by atoms with van der Waals surface area (Å²) in [6.45, 7) is 0. The monoisotopic (exact) mass is 806 g/mol. The van der Waals surface area contributed by atoms with Gasteiger partial charge in [0.1, 0.15) is 0 Å². The van der Waals surface area contributed by atoms with Gasteiger partial charge in [-0.3, -0.25) is 0 Å². The van der Waals surface area contributed by atoms with Gasteiger partial charge in [0, 0.05) is 54.8 Å². The molecule has 12 aromatic rings. The lowest BCUT2D eigenvalue weighted by atomic mass is 10.0. The molecule has 0 fully saturated rings. The van der Waals surface area contributed by atoms with Gasteiger partial charge in [0.15, 0.2) is 17.5 Å². The third-order valence-corrected chi connectivity index (χ3v) is 12.8. The lowest BCUT2D eigenvalue weighted by molar-refractivity contribution is 0.954. The lowest BCUT2D eigenvalue weighted by Crippen LogP contribution is -2.06. The van der Waals surface area contributed by atoms with E-state index in [1.54, 1.807) is 0 Å². The molecule has 0 aliphatic heterocycles. The fraction of sp³-hybridized carbons (Fsp3) is 0.0351. The Hall–Kier alpha value is -8.35. The van der Waals surface area contributed by atoms with Gasteiger partial charge in [0.05, 0.1) is 38.8 Å². The van der Waals surface area contributed by atoms with Gasteiger partial charge in [0.25, 0.3) is 0 Å². The smallest absolute Gasteiger partial charge is 0.164 e. The molecule has 8 aromatic carbocycles. The molecule has 13 rings (SSSR count). The van der Waals surface area contributed by atoms with Crippen LogP contribution in [0.3, 0.4) is 0 Å². The summed E-state index contributed by atoms with van der Waals surface area (Å²) in [5.41, 5.74) is 13.8. The van der Waals surface area contributed by atoms with Crippen LogP contribution >= 0.6 is 0 Å². The Kier molecular flexibility index (Phi) is 7.93. The second-order valence-electron chi connectivity index (χ2n) is 16.3. The minimum absolute atomic E-state index is 0.680. The molecule has 0 bridgehead atoms. The van der Waals surface area contributed by atoms with Crippen LogP contribution in [0.5, 0.6) is 0 Å². The maximum absolute atomic E-state index is 5.05. The molecule has 6 heteroatoms. The molecule has 0 saturated carbocycles. The van der Waals surface area contributed by atoms with Gasteiger partial charge >= 0.3 is 0 Å². The average molecular weight is 807 g/mol. The number of fused-ring (bicyclic) bond motifs is 10. The molecule has 0 unspecified atom stereocenters. The highest BCUT2D eigenvalue weighted by Crippen LogP contribution is 2.45. The van der Waals surface area contributed by atoms with Crippen LogP contribution in [0.2, 0.25) is 0 Å². The first-order chi connectivity index (χ1) is 31.3. The quantitative estimate of drug-likeness (QED) is 0.168. The Morgan fingerprint density at radius 1 is 0.317 bits per heavy atom. The minimum Gasteiger partial charge on any atom is -0.313 e. The highest BCUT2D eigenvalue weighted by atomic mass is 15.0. The Morgan fingerprint density at radius 3 is 1.37 bits per heavy atom. The zero-order valence-electron chi connectivity index (χ0n) is 34.2. The minimum atomic E-state index is 0.680. The zero-order chi connectivity index (χ0) is 41.4. The molecule has 4 aromatic heterocycles. The van der Waals surface area contributed by atoms with Crippen LogP contribution in [0.1, 0.15) is 18.7 Å². The standard InChI is InChI=1S/C57H38N6/c1-4-17-37(18-5-1)55-58-56(38-19-6-2-7-20-38)60-57(59-55)39-31-33-41(34-32-39)62-46-27-14-11-24-43(46)53-50(62)35-36-51-54(53)44-25-12-15-28-47(44)63(51)49-30-16-29-48-52(49)42-23-10-13-26-45(42)61(48)40-21-8-3-9-22-40/h1-31,33,35-36H,32,34H2. The molecular formula is C57H38N6. The van der Waals surface area contributed by atoms with Crippen LogP contribution in [-0.4, -0.2) is 28.7 Å². The molecule has 1 aliphatic carbocycles. The summed E-state index contributed by atoms with van der Waals surface area (Å²) >= 11 is 0. The molecule has 63 heavy (non-hydrogen) atoms. The van der Waals surface area contributed by atoms with E-state index < -0.39 is 0 Å². The normalized spacial score (nSPS) is 13.1. The lowest BCUT2D eigenvalue weighted by Gasteiger charge is -2.18. The zero-order valence-corrected chi connectivity index (χ0v) is 34.2. The summed E-state index contributed by atoms with van der Waals surface area (Å²) in [4.78, 5) is 15.0. The summed E-state index contributed by atoms with van der Waals surface area (Å²) in [5, 5.41) is 7.49. The van der Waals surface area contributed by atoms with Crippen LogP contribution < -0.4 is 0 Å². The number of benzene rings is 8. The molecule has 0 saturated heterocycles. The Bertz CT molecular complexity index is 3770. The van der Waals surface area contributed by atoms with E-state index in [4.69, 9.17) is 15.0 Å². The number of hydrogen-bond acceptors (Lipinski definition) is 3. The Labute approximate surface area is 363 Å². The van der Waals surface area contributed by atoms with E-state index in [0.717, 1.165) is 41.1 Å². The summed E-state index contributed by atoms with van der Waals surface area (Å²) in [6, 6.07) is 69.1. The molecule has 0 radical (unpaired) electrons. The second kappa shape index (κ2) is 14.1. The third kappa shape index (κ3) is 5.48. The summed E-state index contributed by atoms with van der Waals surface area (Å²) in [7, 11) is 0. The van der Waals surface area contributed by atoms with Crippen molar-refractivity contribution in [1.29, 1.82) is 0 Å². The van der Waals surface area contributed by atoms with Crippen LogP contribution in [-0.2, 0) is 0 Å². The van der Waals surface area contributed by atoms with E-state index in [1.165, 1.54) is 76.8 Å². The van der Waals surface area contributed by atoms with E-state index >= 15 is 0 Å². The molecule has 296 valence electrons. The van der Waals surface area contributed by atoms with Crippen molar-refractivity contribution in [3.8, 4) is 34.2 Å². The molecule has 1 aliphatic rings. The van der Waals surface area contributed by atoms with Gasteiger partial charge < -0.3 is 13.7 Å². The van der Waals surface area contributed by atoms with Crippen molar-refractivity contribution < 1.29 is 0 Å². The number of aromatic nitrogens is 6. The maximum Gasteiger partial charge on any atom is 0.164 e. The fourth-order valence-corrected chi connectivity index (χ4v) is 10.1. The van der Waals surface area contributed by atoms with Crippen molar-refractivity contribution in [2.24, 2.45) is 0 Å². The largest absolute Gasteiger partial charge is 0.313 e. The SMILES string of the molecule is C1=C(c2nc(-c3ccccc3)nc(-c3ccccc3)n2)CCC(n2c3ccccc3c3c4c5ccccc5n(-c5cccc6c5c5ccccc5n6-c5ccccc5)c4ccc32)=C1. The number of hydrogen-bond donors (Lipinski definition) is 0. The van der Waals surface area contributed by atoms with Crippen molar-refractivity contribution >= 4 is 76.7 Å². The van der Waals surface area contributed by atoms with Gasteiger partial charge in [0.2, 0.25) is 0 Å². The number of rotatable bonds is 6. The van der Waals surface area contributed by atoms with E-state index in [1.807, 2.05) is 36.4 Å². The predicted molar refractivity (Wildman–Crippen MR) is 260 cm³/mol.